The molecule has 272 valence electrons. The van der Waals surface area contributed by atoms with E-state index in [0.717, 1.165) is 38.5 Å². The van der Waals surface area contributed by atoms with Gasteiger partial charge in [-0.2, -0.15) is 8.42 Å². The summed E-state index contributed by atoms with van der Waals surface area (Å²) in [6, 6.07) is -1.07. The summed E-state index contributed by atoms with van der Waals surface area (Å²) in [5.74, 6) is -0.993. The number of aliphatic hydroxyl groups excluding tert-OH is 1. The van der Waals surface area contributed by atoms with Gasteiger partial charge in [-0.1, -0.05) is 186 Å². The van der Waals surface area contributed by atoms with Gasteiger partial charge in [0.25, 0.3) is 10.1 Å². The molecule has 46 heavy (non-hydrogen) atoms. The molecule has 0 aromatic carbocycles. The molecule has 0 spiro atoms. The second-order valence-electron chi connectivity index (χ2n) is 13.6. The Morgan fingerprint density at radius 2 is 0.935 bits per heavy atom. The van der Waals surface area contributed by atoms with Crippen molar-refractivity contribution in [2.45, 2.75) is 212 Å². The molecule has 0 radical (unpaired) electrons. The van der Waals surface area contributed by atoms with Crippen molar-refractivity contribution in [2.75, 3.05) is 5.75 Å². The Kier molecular flexibility index (Phi) is 32.8. The van der Waals surface area contributed by atoms with E-state index >= 15 is 0 Å². The second-order valence-corrected chi connectivity index (χ2v) is 15.1. The van der Waals surface area contributed by atoms with Gasteiger partial charge >= 0.3 is 0 Å². The highest BCUT2D eigenvalue weighted by atomic mass is 32.2. The zero-order valence-corrected chi connectivity index (χ0v) is 31.0. The highest BCUT2D eigenvalue weighted by Gasteiger charge is 2.24. The normalized spacial score (nSPS) is 13.6. The second kappa shape index (κ2) is 33.7. The third kappa shape index (κ3) is 34.2. The predicted molar refractivity (Wildman–Crippen MR) is 198 cm³/mol. The Labute approximate surface area is 285 Å². The molecule has 0 saturated carbocycles. The first kappa shape index (κ1) is 44.8. The number of carbonyl (C=O) groups excluding carboxylic acids is 1. The minimum Gasteiger partial charge on any atom is -0.387 e. The summed E-state index contributed by atoms with van der Waals surface area (Å²) in [5.41, 5.74) is 0. The van der Waals surface area contributed by atoms with Crippen molar-refractivity contribution in [1.82, 2.24) is 5.32 Å². The Balaban J connectivity index is 3.98. The van der Waals surface area contributed by atoms with Crippen LogP contribution in [-0.4, -0.2) is 41.9 Å². The van der Waals surface area contributed by atoms with Crippen LogP contribution in [0.25, 0.3) is 0 Å². The Bertz CT molecular complexity index is 826. The molecule has 0 saturated heterocycles. The maximum Gasteiger partial charge on any atom is 0.267 e. The molecule has 7 heteroatoms. The van der Waals surface area contributed by atoms with E-state index in [9.17, 15) is 22.9 Å². The molecule has 2 atom stereocenters. The van der Waals surface area contributed by atoms with E-state index in [2.05, 4.69) is 31.3 Å². The number of nitrogens with one attached hydrogen (secondary N) is 1. The van der Waals surface area contributed by atoms with Crippen LogP contribution in [0.2, 0.25) is 0 Å². The molecule has 6 nitrogen and oxygen atoms in total. The van der Waals surface area contributed by atoms with Gasteiger partial charge < -0.3 is 10.4 Å². The molecule has 1 amide bonds. The predicted octanol–water partition coefficient (Wildman–Crippen LogP) is 11.2. The largest absolute Gasteiger partial charge is 0.387 e. The molecular weight excluding hydrogens is 594 g/mol. The molecule has 0 aromatic heterocycles. The first-order valence-electron chi connectivity index (χ1n) is 19.5. The summed E-state index contributed by atoms with van der Waals surface area (Å²) < 4.78 is 32.4. The van der Waals surface area contributed by atoms with Gasteiger partial charge in [-0.15, -0.1) is 0 Å². The van der Waals surface area contributed by atoms with Crippen molar-refractivity contribution in [3.63, 3.8) is 0 Å². The summed E-state index contributed by atoms with van der Waals surface area (Å²) in [7, 11) is -4.35. The molecule has 0 fully saturated rings. The summed E-state index contributed by atoms with van der Waals surface area (Å²) >= 11 is 0. The lowest BCUT2D eigenvalue weighted by molar-refractivity contribution is -0.122. The number of allylic oxidation sites excluding steroid dienone is 3. The van der Waals surface area contributed by atoms with E-state index in [1.165, 1.54) is 147 Å². The van der Waals surface area contributed by atoms with E-state index in [0.29, 0.717) is 6.42 Å². The summed E-state index contributed by atoms with van der Waals surface area (Å²) in [4.78, 5) is 12.5. The van der Waals surface area contributed by atoms with E-state index < -0.39 is 28.0 Å². The van der Waals surface area contributed by atoms with Crippen molar-refractivity contribution in [1.29, 1.82) is 0 Å². The average Bonchev–Trinajstić information content (AvgIpc) is 3.01. The van der Waals surface area contributed by atoms with Crippen LogP contribution >= 0.6 is 0 Å². The lowest BCUT2D eigenvalue weighted by atomic mass is 10.0. The Morgan fingerprint density at radius 3 is 1.37 bits per heavy atom. The maximum absolute atomic E-state index is 12.5. The minimum absolute atomic E-state index is 0.287. The fraction of sp³-hybridized carbons (Fsp3) is 0.872. The molecule has 2 unspecified atom stereocenters. The van der Waals surface area contributed by atoms with Gasteiger partial charge in [0, 0.05) is 6.42 Å². The Hall–Kier alpha value is -1.18. The SMILES string of the molecule is CCCCCCCCCCCCC/C=C/CC/C=C/C(O)C(CS(=O)(=O)O)NC(=O)CCCCCCCCCCCCCCCC. The number of aliphatic hydroxyl groups is 1. The van der Waals surface area contributed by atoms with E-state index in [1.807, 2.05) is 6.08 Å². The standard InChI is InChI=1S/C39H75NO5S/c1-3-5-7-9-11-13-15-17-19-20-21-22-24-26-28-30-32-34-38(41)37(36-46(43,44)45)40-39(42)35-33-31-29-27-25-23-18-16-14-12-10-8-6-4-2/h24,26,32,34,37-38,41H,3-23,25,27-31,33,35-36H2,1-2H3,(H,40,42)(H,43,44,45)/b26-24+,34-32+. The summed E-state index contributed by atoms with van der Waals surface area (Å²) in [6.07, 6.45) is 41.6. The van der Waals surface area contributed by atoms with Crippen LogP contribution in [0.5, 0.6) is 0 Å². The fourth-order valence-corrected chi connectivity index (χ4v) is 6.67. The fourth-order valence-electron chi connectivity index (χ4n) is 5.94. The van der Waals surface area contributed by atoms with Crippen LogP contribution in [0.1, 0.15) is 200 Å². The van der Waals surface area contributed by atoms with Gasteiger partial charge in [0.05, 0.1) is 17.9 Å². The van der Waals surface area contributed by atoms with Crippen LogP contribution in [0, 0.1) is 0 Å². The van der Waals surface area contributed by atoms with Crippen LogP contribution in [0.3, 0.4) is 0 Å². The van der Waals surface area contributed by atoms with E-state index in [1.54, 1.807) is 0 Å². The van der Waals surface area contributed by atoms with Crippen molar-refractivity contribution in [3.8, 4) is 0 Å². The summed E-state index contributed by atoms with van der Waals surface area (Å²) in [5, 5.41) is 13.2. The van der Waals surface area contributed by atoms with Crippen molar-refractivity contribution < 1.29 is 22.9 Å². The lowest BCUT2D eigenvalue weighted by Gasteiger charge is -2.21. The maximum atomic E-state index is 12.5. The molecule has 0 rings (SSSR count). The smallest absolute Gasteiger partial charge is 0.267 e. The molecule has 0 bridgehead atoms. The molecule has 0 aliphatic carbocycles. The average molecular weight is 670 g/mol. The first-order chi connectivity index (χ1) is 22.3. The van der Waals surface area contributed by atoms with Crippen LogP contribution in [0.4, 0.5) is 0 Å². The summed E-state index contributed by atoms with van der Waals surface area (Å²) in [6.45, 7) is 4.51. The monoisotopic (exact) mass is 670 g/mol. The van der Waals surface area contributed by atoms with Gasteiger partial charge in [-0.25, -0.2) is 0 Å². The zero-order valence-electron chi connectivity index (χ0n) is 30.2. The number of carbonyl (C=O) groups is 1. The Morgan fingerprint density at radius 1 is 0.565 bits per heavy atom. The number of hydrogen-bond acceptors (Lipinski definition) is 4. The molecule has 0 heterocycles. The van der Waals surface area contributed by atoms with Crippen LogP contribution in [-0.2, 0) is 14.9 Å². The van der Waals surface area contributed by atoms with Gasteiger partial charge in [0.2, 0.25) is 5.91 Å². The van der Waals surface area contributed by atoms with Crippen molar-refractivity contribution >= 4 is 16.0 Å². The van der Waals surface area contributed by atoms with Gasteiger partial charge in [0.15, 0.2) is 0 Å². The number of rotatable bonds is 35. The van der Waals surface area contributed by atoms with Crippen LogP contribution in [0.15, 0.2) is 24.3 Å². The van der Waals surface area contributed by atoms with Gasteiger partial charge in [-0.05, 0) is 32.1 Å². The van der Waals surface area contributed by atoms with E-state index in [-0.39, 0.29) is 5.91 Å². The zero-order chi connectivity index (χ0) is 34.0. The quantitative estimate of drug-likeness (QED) is 0.0354. The number of unbranched alkanes of at least 4 members (excludes halogenated alkanes) is 25. The molecule has 3 N–H and O–H groups in total. The lowest BCUT2D eigenvalue weighted by Crippen LogP contribution is -2.46. The first-order valence-corrected chi connectivity index (χ1v) is 21.1. The third-order valence-electron chi connectivity index (χ3n) is 8.88. The highest BCUT2D eigenvalue weighted by molar-refractivity contribution is 7.85. The van der Waals surface area contributed by atoms with Gasteiger partial charge in [-0.3, -0.25) is 9.35 Å². The van der Waals surface area contributed by atoms with Crippen molar-refractivity contribution in [3.05, 3.63) is 24.3 Å². The molecule has 0 aromatic rings. The molecular formula is C39H75NO5S. The topological polar surface area (TPSA) is 104 Å². The molecule has 0 aliphatic rings. The molecule has 0 aliphatic heterocycles. The highest BCUT2D eigenvalue weighted by Crippen LogP contribution is 2.14. The van der Waals surface area contributed by atoms with E-state index in [4.69, 9.17) is 0 Å². The number of hydrogen-bond donors (Lipinski definition) is 3. The van der Waals surface area contributed by atoms with Crippen LogP contribution < -0.4 is 5.32 Å². The number of amides is 1. The minimum atomic E-state index is -4.35. The van der Waals surface area contributed by atoms with Gasteiger partial charge in [0.1, 0.15) is 0 Å². The van der Waals surface area contributed by atoms with Crippen molar-refractivity contribution in [2.24, 2.45) is 0 Å². The third-order valence-corrected chi connectivity index (χ3v) is 9.66.